The molecule has 0 radical (unpaired) electrons. The molecule has 1 rings (SSSR count). The summed E-state index contributed by atoms with van der Waals surface area (Å²) in [6.45, 7) is 5.87. The topological polar surface area (TPSA) is 49.0 Å². The van der Waals surface area contributed by atoms with Gasteiger partial charge >= 0.3 is 0 Å². The average Bonchev–Trinajstić information content (AvgIpc) is 2.07. The number of aromatic amines is 1. The molecule has 0 bridgehead atoms. The molecule has 1 aromatic rings. The molecule has 0 aromatic carbocycles. The van der Waals surface area contributed by atoms with Gasteiger partial charge in [0.05, 0.1) is 11.9 Å². The van der Waals surface area contributed by atoms with Crippen molar-refractivity contribution >= 4 is 5.69 Å². The second-order valence-corrected chi connectivity index (χ2v) is 2.48. The molecule has 0 fully saturated rings. The van der Waals surface area contributed by atoms with Crippen molar-refractivity contribution in [3.8, 4) is 0 Å². The minimum atomic E-state index is -0.153. The van der Waals surface area contributed by atoms with E-state index in [0.717, 1.165) is 18.8 Å². The first kappa shape index (κ1) is 8.77. The number of nitrogens with zero attached hydrogens (tertiary/aromatic N) is 2. The number of anilines is 1. The Morgan fingerprint density at radius 3 is 2.67 bits per heavy atom. The van der Waals surface area contributed by atoms with E-state index < -0.39 is 0 Å². The summed E-state index contributed by atoms with van der Waals surface area (Å²) in [6, 6.07) is 1.56. The summed E-state index contributed by atoms with van der Waals surface area (Å²) < 4.78 is 0. The van der Waals surface area contributed by atoms with Crippen molar-refractivity contribution in [2.45, 2.75) is 13.8 Å². The van der Waals surface area contributed by atoms with Gasteiger partial charge in [0, 0.05) is 19.2 Å². The lowest BCUT2D eigenvalue weighted by Crippen LogP contribution is -2.23. The van der Waals surface area contributed by atoms with Crippen LogP contribution in [0.25, 0.3) is 0 Å². The Balaban J connectivity index is 2.93. The smallest absolute Gasteiger partial charge is 0.266 e. The SMILES string of the molecule is CCN(CC)c1cn[nH]c(=O)c1. The van der Waals surface area contributed by atoms with Crippen molar-refractivity contribution < 1.29 is 0 Å². The van der Waals surface area contributed by atoms with Crippen molar-refractivity contribution in [2.75, 3.05) is 18.0 Å². The molecule has 12 heavy (non-hydrogen) atoms. The zero-order valence-electron chi connectivity index (χ0n) is 7.37. The summed E-state index contributed by atoms with van der Waals surface area (Å²) in [6.07, 6.45) is 1.66. The van der Waals surface area contributed by atoms with Crippen LogP contribution in [-0.2, 0) is 0 Å². The maximum atomic E-state index is 10.9. The van der Waals surface area contributed by atoms with Gasteiger partial charge in [0.15, 0.2) is 0 Å². The Morgan fingerprint density at radius 2 is 2.17 bits per heavy atom. The fourth-order valence-electron chi connectivity index (χ4n) is 1.13. The van der Waals surface area contributed by atoms with Crippen LogP contribution in [0.2, 0.25) is 0 Å². The Kier molecular flexibility index (Phi) is 2.85. The van der Waals surface area contributed by atoms with E-state index in [2.05, 4.69) is 15.1 Å². The van der Waals surface area contributed by atoms with Gasteiger partial charge in [0.25, 0.3) is 5.56 Å². The lowest BCUT2D eigenvalue weighted by atomic mass is 10.4. The van der Waals surface area contributed by atoms with Crippen LogP contribution in [0.1, 0.15) is 13.8 Å². The molecular formula is C8H13N3O. The number of nitrogens with one attached hydrogen (secondary N) is 1. The summed E-state index contributed by atoms with van der Waals surface area (Å²) in [7, 11) is 0. The number of hydrogen-bond acceptors (Lipinski definition) is 3. The quantitative estimate of drug-likeness (QED) is 0.717. The minimum Gasteiger partial charge on any atom is -0.371 e. The zero-order chi connectivity index (χ0) is 8.97. The molecule has 0 atom stereocenters. The van der Waals surface area contributed by atoms with Crippen LogP contribution in [0.4, 0.5) is 5.69 Å². The van der Waals surface area contributed by atoms with Gasteiger partial charge in [-0.1, -0.05) is 0 Å². The Hall–Kier alpha value is -1.32. The van der Waals surface area contributed by atoms with Gasteiger partial charge < -0.3 is 4.90 Å². The highest BCUT2D eigenvalue weighted by Gasteiger charge is 2.00. The van der Waals surface area contributed by atoms with Crippen LogP contribution < -0.4 is 10.5 Å². The van der Waals surface area contributed by atoms with Gasteiger partial charge in [-0.05, 0) is 13.8 Å². The van der Waals surface area contributed by atoms with Gasteiger partial charge in [0.1, 0.15) is 0 Å². The molecule has 66 valence electrons. The molecule has 0 saturated heterocycles. The van der Waals surface area contributed by atoms with Crippen molar-refractivity contribution in [3.05, 3.63) is 22.6 Å². The monoisotopic (exact) mass is 167 g/mol. The van der Waals surface area contributed by atoms with Crippen molar-refractivity contribution in [1.82, 2.24) is 10.2 Å². The van der Waals surface area contributed by atoms with Gasteiger partial charge in [-0.2, -0.15) is 5.10 Å². The minimum absolute atomic E-state index is 0.153. The Morgan fingerprint density at radius 1 is 1.50 bits per heavy atom. The van der Waals surface area contributed by atoms with Crippen LogP contribution in [0, 0.1) is 0 Å². The molecule has 0 amide bonds. The van der Waals surface area contributed by atoms with Gasteiger partial charge in [0.2, 0.25) is 0 Å². The highest BCUT2D eigenvalue weighted by Crippen LogP contribution is 2.06. The average molecular weight is 167 g/mol. The number of hydrogen-bond donors (Lipinski definition) is 1. The molecule has 0 aliphatic rings. The zero-order valence-corrected chi connectivity index (χ0v) is 7.37. The largest absolute Gasteiger partial charge is 0.371 e. The summed E-state index contributed by atoms with van der Waals surface area (Å²) in [4.78, 5) is 13.0. The molecule has 0 aliphatic heterocycles. The molecule has 1 heterocycles. The van der Waals surface area contributed by atoms with E-state index in [0.29, 0.717) is 0 Å². The van der Waals surface area contributed by atoms with Crippen LogP contribution in [0.15, 0.2) is 17.1 Å². The predicted molar refractivity (Wildman–Crippen MR) is 48.4 cm³/mol. The number of rotatable bonds is 3. The van der Waals surface area contributed by atoms with E-state index in [-0.39, 0.29) is 5.56 Å². The first-order valence-electron chi connectivity index (χ1n) is 4.07. The Labute approximate surface area is 71.2 Å². The maximum Gasteiger partial charge on any atom is 0.266 e. The Bertz CT molecular complexity index is 290. The molecule has 0 spiro atoms. The molecule has 4 heteroatoms. The molecule has 1 aromatic heterocycles. The van der Waals surface area contributed by atoms with Crippen molar-refractivity contribution in [1.29, 1.82) is 0 Å². The molecule has 0 unspecified atom stereocenters. The third kappa shape index (κ3) is 1.84. The molecule has 4 nitrogen and oxygen atoms in total. The van der Waals surface area contributed by atoms with Gasteiger partial charge in [-0.3, -0.25) is 4.79 Å². The van der Waals surface area contributed by atoms with Crippen molar-refractivity contribution in [2.24, 2.45) is 0 Å². The third-order valence-electron chi connectivity index (χ3n) is 1.78. The number of H-pyrrole nitrogens is 1. The molecule has 0 saturated carbocycles. The highest BCUT2D eigenvalue weighted by atomic mass is 16.1. The first-order valence-corrected chi connectivity index (χ1v) is 4.07. The second-order valence-electron chi connectivity index (χ2n) is 2.48. The highest BCUT2D eigenvalue weighted by molar-refractivity contribution is 5.42. The number of aromatic nitrogens is 2. The van der Waals surface area contributed by atoms with Crippen LogP contribution in [0.5, 0.6) is 0 Å². The third-order valence-corrected chi connectivity index (χ3v) is 1.78. The van der Waals surface area contributed by atoms with E-state index in [4.69, 9.17) is 0 Å². The summed E-state index contributed by atoms with van der Waals surface area (Å²) >= 11 is 0. The fraction of sp³-hybridized carbons (Fsp3) is 0.500. The molecule has 1 N–H and O–H groups in total. The summed E-state index contributed by atoms with van der Waals surface area (Å²) in [5, 5.41) is 6.06. The van der Waals surface area contributed by atoms with Crippen LogP contribution >= 0.6 is 0 Å². The van der Waals surface area contributed by atoms with Crippen LogP contribution in [-0.4, -0.2) is 23.3 Å². The summed E-state index contributed by atoms with van der Waals surface area (Å²) in [5.41, 5.74) is 0.725. The van der Waals surface area contributed by atoms with E-state index in [1.807, 2.05) is 13.8 Å². The van der Waals surface area contributed by atoms with Crippen molar-refractivity contribution in [3.63, 3.8) is 0 Å². The lowest BCUT2D eigenvalue weighted by Gasteiger charge is -2.19. The second kappa shape index (κ2) is 3.90. The molecule has 0 aliphatic carbocycles. The predicted octanol–water partition coefficient (Wildman–Crippen LogP) is 0.616. The van der Waals surface area contributed by atoms with Gasteiger partial charge in [-0.25, -0.2) is 5.10 Å². The molecular weight excluding hydrogens is 154 g/mol. The van der Waals surface area contributed by atoms with Gasteiger partial charge in [-0.15, -0.1) is 0 Å². The fourth-order valence-corrected chi connectivity index (χ4v) is 1.13. The van der Waals surface area contributed by atoms with E-state index >= 15 is 0 Å². The lowest BCUT2D eigenvalue weighted by molar-refractivity contribution is 0.849. The first-order chi connectivity index (χ1) is 5.77. The standard InChI is InChI=1S/C8H13N3O/c1-3-11(4-2)7-5-8(12)10-9-6-7/h5-6H,3-4H2,1-2H3,(H,10,12). The van der Waals surface area contributed by atoms with E-state index in [9.17, 15) is 4.79 Å². The maximum absolute atomic E-state index is 10.9. The normalized spacial score (nSPS) is 9.83. The van der Waals surface area contributed by atoms with Crippen LogP contribution in [0.3, 0.4) is 0 Å². The van der Waals surface area contributed by atoms with E-state index in [1.165, 1.54) is 0 Å². The summed E-state index contributed by atoms with van der Waals surface area (Å²) in [5.74, 6) is 0. The van der Waals surface area contributed by atoms with E-state index in [1.54, 1.807) is 12.3 Å².